The van der Waals surface area contributed by atoms with Crippen LogP contribution in [-0.2, 0) is 4.79 Å². The second kappa shape index (κ2) is 7.17. The molecule has 2 aromatic carbocycles. The summed E-state index contributed by atoms with van der Waals surface area (Å²) in [6.45, 7) is 1.97. The summed E-state index contributed by atoms with van der Waals surface area (Å²) in [6.07, 6.45) is 1.51. The molecule has 0 fully saturated rings. The van der Waals surface area contributed by atoms with E-state index in [1.165, 1.54) is 11.8 Å². The van der Waals surface area contributed by atoms with Crippen molar-refractivity contribution in [1.29, 1.82) is 0 Å². The maximum Gasteiger partial charge on any atom is 0.325 e. The molecule has 1 atom stereocenters. The van der Waals surface area contributed by atoms with E-state index in [2.05, 4.69) is 10.1 Å². The number of aromatic amines is 1. The molecule has 0 bridgehead atoms. The van der Waals surface area contributed by atoms with Gasteiger partial charge < -0.3 is 9.47 Å². The van der Waals surface area contributed by atoms with Crippen LogP contribution in [0.25, 0.3) is 11.3 Å². The van der Waals surface area contributed by atoms with Gasteiger partial charge in [-0.15, -0.1) is 0 Å². The van der Waals surface area contributed by atoms with Gasteiger partial charge in [-0.25, -0.2) is 4.90 Å². The van der Waals surface area contributed by atoms with Crippen molar-refractivity contribution in [3.05, 3.63) is 58.4 Å². The fourth-order valence-corrected chi connectivity index (χ4v) is 4.24. The van der Waals surface area contributed by atoms with E-state index in [0.29, 0.717) is 40.0 Å². The van der Waals surface area contributed by atoms with Gasteiger partial charge in [0.2, 0.25) is 17.9 Å². The van der Waals surface area contributed by atoms with E-state index in [9.17, 15) is 9.59 Å². The highest BCUT2D eigenvalue weighted by Gasteiger charge is 2.45. The molecule has 0 radical (unpaired) electrons. The number of rotatable bonds is 3. The Balaban J connectivity index is 1.82. The van der Waals surface area contributed by atoms with Crippen molar-refractivity contribution < 1.29 is 19.0 Å². The van der Waals surface area contributed by atoms with Crippen molar-refractivity contribution >= 4 is 23.4 Å². The fourth-order valence-electron chi connectivity index (χ4n) is 3.88. The minimum Gasteiger partial charge on any atom is -0.454 e. The summed E-state index contributed by atoms with van der Waals surface area (Å²) in [6, 6.07) is 12.9. The Morgan fingerprint density at radius 2 is 2.07 bits per heavy atom. The quantitative estimate of drug-likeness (QED) is 0.514. The van der Waals surface area contributed by atoms with Gasteiger partial charge in [0.15, 0.2) is 11.5 Å². The third-order valence-corrected chi connectivity index (χ3v) is 5.79. The van der Waals surface area contributed by atoms with Crippen molar-refractivity contribution in [2.24, 2.45) is 0 Å². The van der Waals surface area contributed by atoms with E-state index >= 15 is 0 Å². The van der Waals surface area contributed by atoms with E-state index in [0.717, 1.165) is 5.56 Å². The normalized spacial score (nSPS) is 16.2. The molecule has 1 aromatic heterocycles. The Morgan fingerprint density at radius 1 is 1.27 bits per heavy atom. The number of H-pyrrole nitrogens is 1. The average Bonchev–Trinajstić information content (AvgIpc) is 3.25. The Kier molecular flexibility index (Phi) is 4.47. The summed E-state index contributed by atoms with van der Waals surface area (Å²) in [4.78, 5) is 30.7. The van der Waals surface area contributed by atoms with E-state index in [1.54, 1.807) is 9.58 Å². The number of amides is 1. The number of benzene rings is 2. The lowest BCUT2D eigenvalue weighted by Crippen LogP contribution is -2.60. The first-order chi connectivity index (χ1) is 14.6. The van der Waals surface area contributed by atoms with Gasteiger partial charge in [0.1, 0.15) is 0 Å². The van der Waals surface area contributed by atoms with E-state index in [4.69, 9.17) is 9.47 Å². The summed E-state index contributed by atoms with van der Waals surface area (Å²) >= 11 is 1.33. The maximum atomic E-state index is 13.1. The Hall–Kier alpha value is -3.33. The van der Waals surface area contributed by atoms with Crippen molar-refractivity contribution in [1.82, 2.24) is 10.1 Å². The van der Waals surface area contributed by atoms with Crippen LogP contribution in [-0.4, -0.2) is 29.0 Å². The van der Waals surface area contributed by atoms with Crippen LogP contribution in [0.4, 0.5) is 5.69 Å². The third-order valence-electron chi connectivity index (χ3n) is 5.22. The number of ether oxygens (including phenoxy) is 2. The minimum absolute atomic E-state index is 0.0731. The lowest BCUT2D eigenvalue weighted by atomic mass is 10.0. The average molecular weight is 423 g/mol. The van der Waals surface area contributed by atoms with Gasteiger partial charge in [-0.2, -0.15) is 0 Å². The monoisotopic (exact) mass is 423 g/mol. The number of hydrogen-bond donors (Lipinski definition) is 1. The Morgan fingerprint density at radius 3 is 2.87 bits per heavy atom. The summed E-state index contributed by atoms with van der Waals surface area (Å²) in [7, 11) is 0. The number of nitrogens with one attached hydrogen (secondary N) is 1. The van der Waals surface area contributed by atoms with Crippen molar-refractivity contribution in [3.63, 3.8) is 0 Å². The molecule has 5 rings (SSSR count). The predicted octanol–water partition coefficient (Wildman–Crippen LogP) is 2.48. The molecule has 1 N–H and O–H groups in total. The SMILES string of the molecule is CCC(=O)N1c2ccccc2-c2c(=O)[nH]c(SC)n[n+]2[C@@H]1c1ccc2c(c1)OCO2. The van der Waals surface area contributed by atoms with Crippen molar-refractivity contribution in [3.8, 4) is 22.8 Å². The molecular formula is C21H19N4O4S+. The van der Waals surface area contributed by atoms with Gasteiger partial charge in [-0.05, 0) is 41.3 Å². The molecular weight excluding hydrogens is 404 g/mol. The molecule has 0 saturated carbocycles. The number of anilines is 1. The number of aromatic nitrogens is 3. The lowest BCUT2D eigenvalue weighted by Gasteiger charge is -2.32. The molecule has 0 aliphatic carbocycles. The third kappa shape index (κ3) is 2.77. The molecule has 9 heteroatoms. The van der Waals surface area contributed by atoms with Gasteiger partial charge in [-0.1, -0.05) is 30.8 Å². The number of nitrogens with zero attached hydrogens (tertiary/aromatic N) is 3. The zero-order chi connectivity index (χ0) is 20.8. The lowest BCUT2D eigenvalue weighted by molar-refractivity contribution is -0.763. The van der Waals surface area contributed by atoms with Crippen LogP contribution in [0.2, 0.25) is 0 Å². The molecule has 3 heterocycles. The van der Waals surface area contributed by atoms with Crippen LogP contribution in [0, 0.1) is 0 Å². The molecule has 2 aliphatic heterocycles. The van der Waals surface area contributed by atoms with Crippen molar-refractivity contribution in [2.45, 2.75) is 24.7 Å². The molecule has 8 nitrogen and oxygen atoms in total. The minimum atomic E-state index is -0.634. The van der Waals surface area contributed by atoms with Crippen LogP contribution in [0.3, 0.4) is 0 Å². The molecule has 0 unspecified atom stereocenters. The maximum absolute atomic E-state index is 13.1. The van der Waals surface area contributed by atoms with Crippen LogP contribution >= 0.6 is 11.8 Å². The summed E-state index contributed by atoms with van der Waals surface area (Å²) in [5.41, 5.74) is 2.27. The Bertz CT molecular complexity index is 1230. The number of carbonyl (C=O) groups is 1. The predicted molar refractivity (Wildman–Crippen MR) is 111 cm³/mol. The van der Waals surface area contributed by atoms with Crippen molar-refractivity contribution in [2.75, 3.05) is 17.9 Å². The summed E-state index contributed by atoms with van der Waals surface area (Å²) in [5, 5.41) is 5.14. The smallest absolute Gasteiger partial charge is 0.325 e. The zero-order valence-electron chi connectivity index (χ0n) is 16.4. The standard InChI is InChI=1S/C21H18N4O4S/c1-3-17(26)24-14-7-5-4-6-13(14)18-19(27)22-21(30-2)23-25(18)20(24)12-8-9-15-16(10-12)29-11-28-15/h4-10,20H,3,11H2,1-2H3/p+1/t20-/m1/s1. The Labute approximate surface area is 176 Å². The highest BCUT2D eigenvalue weighted by molar-refractivity contribution is 7.98. The summed E-state index contributed by atoms with van der Waals surface area (Å²) < 4.78 is 12.6. The van der Waals surface area contributed by atoms with Crippen LogP contribution < -0.4 is 24.6 Å². The van der Waals surface area contributed by atoms with E-state index in [1.807, 2.05) is 55.6 Å². The van der Waals surface area contributed by atoms with Crippen LogP contribution in [0.15, 0.2) is 52.4 Å². The van der Waals surface area contributed by atoms with Gasteiger partial charge >= 0.3 is 11.3 Å². The molecule has 0 spiro atoms. The fraction of sp³-hybridized carbons (Fsp3) is 0.238. The van der Waals surface area contributed by atoms with Gasteiger partial charge in [0, 0.05) is 17.1 Å². The number of hydrogen-bond acceptors (Lipinski definition) is 6. The highest BCUT2D eigenvalue weighted by Crippen LogP contribution is 2.40. The summed E-state index contributed by atoms with van der Waals surface area (Å²) in [5.74, 6) is 1.18. The first kappa shape index (κ1) is 18.7. The van der Waals surface area contributed by atoms with E-state index in [-0.39, 0.29) is 18.3 Å². The van der Waals surface area contributed by atoms with Gasteiger partial charge in [-0.3, -0.25) is 14.6 Å². The van der Waals surface area contributed by atoms with Gasteiger partial charge in [0.25, 0.3) is 6.17 Å². The number of para-hydroxylation sites is 1. The molecule has 1 amide bonds. The van der Waals surface area contributed by atoms with Crippen LogP contribution in [0.1, 0.15) is 25.1 Å². The van der Waals surface area contributed by atoms with E-state index < -0.39 is 6.17 Å². The largest absolute Gasteiger partial charge is 0.454 e. The molecule has 2 aliphatic rings. The number of thioether (sulfide) groups is 1. The van der Waals surface area contributed by atoms with Gasteiger partial charge in [0.05, 0.1) is 11.3 Å². The molecule has 0 saturated heterocycles. The number of carbonyl (C=O) groups excluding carboxylic acids is 1. The first-order valence-corrected chi connectivity index (χ1v) is 10.8. The highest BCUT2D eigenvalue weighted by atomic mass is 32.2. The number of fused-ring (bicyclic) bond motifs is 4. The zero-order valence-corrected chi connectivity index (χ0v) is 17.2. The molecule has 3 aromatic rings. The molecule has 30 heavy (non-hydrogen) atoms. The van der Waals surface area contributed by atoms with Crippen LogP contribution in [0.5, 0.6) is 11.5 Å². The molecule has 152 valence electrons. The first-order valence-electron chi connectivity index (χ1n) is 9.53. The topological polar surface area (TPSA) is 88.4 Å². The second-order valence-corrected chi connectivity index (χ2v) is 7.67. The second-order valence-electron chi connectivity index (χ2n) is 6.88.